The number of aromatic nitrogens is 4. The number of imidazole rings is 1. The molecular weight excluding hydrogens is 596 g/mol. The summed E-state index contributed by atoms with van der Waals surface area (Å²) in [6, 6.07) is 1.08. The van der Waals surface area contributed by atoms with Crippen LogP contribution in [0.25, 0.3) is 11.0 Å². The maximum Gasteiger partial charge on any atom is 0.390 e. The fourth-order valence-electron chi connectivity index (χ4n) is 5.36. The van der Waals surface area contributed by atoms with Crippen LogP contribution in [0.5, 0.6) is 0 Å². The fraction of sp³-hybridized carbons (Fsp3) is 0.577. The Hall–Kier alpha value is -3.79. The van der Waals surface area contributed by atoms with Gasteiger partial charge in [-0.05, 0) is 36.9 Å². The maximum absolute atomic E-state index is 15.8. The molecule has 2 aromatic heterocycles. The van der Waals surface area contributed by atoms with Crippen LogP contribution in [0.1, 0.15) is 78.1 Å². The summed E-state index contributed by atoms with van der Waals surface area (Å²) in [6.07, 6.45) is -8.21. The Balaban J connectivity index is 1.46. The van der Waals surface area contributed by atoms with E-state index in [2.05, 4.69) is 35.5 Å². The van der Waals surface area contributed by atoms with Crippen LogP contribution >= 0.6 is 0 Å². The molecule has 0 aliphatic heterocycles. The molecule has 3 atom stereocenters. The van der Waals surface area contributed by atoms with Gasteiger partial charge in [0.15, 0.2) is 11.5 Å². The second-order valence-corrected chi connectivity index (χ2v) is 11.1. The normalized spacial score (nSPS) is 21.4. The first kappa shape index (κ1) is 30.7. The minimum absolute atomic E-state index is 0.000268. The lowest BCUT2D eigenvalue weighted by molar-refractivity contribution is -0.148. The van der Waals surface area contributed by atoms with E-state index in [0.717, 1.165) is 6.07 Å². The number of H-pyrrole nitrogens is 1. The molecule has 2 aliphatic rings. The molecule has 3 unspecified atom stereocenters. The molecule has 2 aliphatic carbocycles. The minimum Gasteiger partial charge on any atom is -0.355 e. The van der Waals surface area contributed by atoms with Gasteiger partial charge in [-0.3, -0.25) is 9.59 Å². The summed E-state index contributed by atoms with van der Waals surface area (Å²) in [4.78, 5) is 32.6. The highest BCUT2D eigenvalue weighted by Gasteiger charge is 2.56. The molecule has 0 bridgehead atoms. The molecule has 2 heterocycles. The molecule has 17 heteroatoms. The molecule has 3 N–H and O–H groups in total. The number of fused-ring (bicyclic) bond motifs is 1. The zero-order valence-electron chi connectivity index (χ0n) is 22.5. The van der Waals surface area contributed by atoms with E-state index in [9.17, 15) is 40.3 Å². The number of aryl methyl sites for hydroxylation is 1. The number of nitrogens with zero attached hydrogens (tertiary/aromatic N) is 3. The summed E-state index contributed by atoms with van der Waals surface area (Å²) in [5, 5.41) is 11.8. The summed E-state index contributed by atoms with van der Waals surface area (Å²) in [5.74, 6) is -13.2. The van der Waals surface area contributed by atoms with Crippen molar-refractivity contribution >= 4 is 22.8 Å². The van der Waals surface area contributed by atoms with Crippen LogP contribution in [0.15, 0.2) is 16.8 Å². The molecule has 43 heavy (non-hydrogen) atoms. The number of amides is 2. The van der Waals surface area contributed by atoms with Crippen molar-refractivity contribution in [2.24, 2.45) is 11.8 Å². The van der Waals surface area contributed by atoms with E-state index < -0.39 is 103 Å². The van der Waals surface area contributed by atoms with E-state index in [1.54, 1.807) is 0 Å². The topological polar surface area (TPSA) is 126 Å². The standard InChI is InChI=1S/C26H26F8N6O3/c1-11-18(40-43-39-11)23(42)38-19(12-4-6-24(28,29)7-5-12)21-36-16-3-2-14(17(27)20(16)37-21)15(9-26(32,33)34)22(41)35-10-13-8-25(13,30)31/h2-3,12-13,15,19H,4-10H2,1H3,(H,35,41)(H,36,37)(H,38,42). The van der Waals surface area contributed by atoms with E-state index in [-0.39, 0.29) is 35.6 Å². The number of nitrogens with one attached hydrogen (secondary N) is 3. The van der Waals surface area contributed by atoms with Gasteiger partial charge in [0.1, 0.15) is 17.0 Å². The highest BCUT2D eigenvalue weighted by molar-refractivity contribution is 5.93. The number of alkyl halides is 7. The molecule has 3 aromatic rings. The lowest BCUT2D eigenvalue weighted by Crippen LogP contribution is -2.38. The molecule has 0 radical (unpaired) electrons. The lowest BCUT2D eigenvalue weighted by Gasteiger charge is -2.33. The lowest BCUT2D eigenvalue weighted by atomic mass is 9.81. The van der Waals surface area contributed by atoms with E-state index >= 15 is 4.39 Å². The zero-order valence-corrected chi connectivity index (χ0v) is 22.5. The van der Waals surface area contributed by atoms with Gasteiger partial charge in [-0.1, -0.05) is 11.2 Å². The summed E-state index contributed by atoms with van der Waals surface area (Å²) >= 11 is 0. The molecule has 2 saturated carbocycles. The number of carbonyl (C=O) groups excluding carboxylic acids is 2. The van der Waals surface area contributed by atoms with E-state index in [1.165, 1.54) is 13.0 Å². The Labute approximate surface area is 238 Å². The van der Waals surface area contributed by atoms with Crippen LogP contribution in [-0.4, -0.2) is 56.7 Å². The number of hydrogen-bond donors (Lipinski definition) is 3. The van der Waals surface area contributed by atoms with Gasteiger partial charge < -0.3 is 15.6 Å². The monoisotopic (exact) mass is 622 g/mol. The van der Waals surface area contributed by atoms with E-state index in [1.807, 2.05) is 0 Å². The van der Waals surface area contributed by atoms with Crippen molar-refractivity contribution in [2.75, 3.05) is 6.54 Å². The summed E-state index contributed by atoms with van der Waals surface area (Å²) in [5.41, 5.74) is -1.16. The second-order valence-electron chi connectivity index (χ2n) is 11.1. The van der Waals surface area contributed by atoms with E-state index in [0.29, 0.717) is 0 Å². The van der Waals surface area contributed by atoms with Crippen LogP contribution in [0.4, 0.5) is 35.1 Å². The van der Waals surface area contributed by atoms with Gasteiger partial charge in [-0.25, -0.2) is 31.6 Å². The van der Waals surface area contributed by atoms with Gasteiger partial charge in [0.25, 0.3) is 11.8 Å². The summed E-state index contributed by atoms with van der Waals surface area (Å²) < 4.78 is 115. The Morgan fingerprint density at radius 1 is 1.14 bits per heavy atom. The van der Waals surface area contributed by atoms with Crippen molar-refractivity contribution < 1.29 is 49.3 Å². The third kappa shape index (κ3) is 6.74. The molecule has 1 aromatic carbocycles. The first-order valence-electron chi connectivity index (χ1n) is 13.4. The molecule has 9 nitrogen and oxygen atoms in total. The number of aromatic amines is 1. The Morgan fingerprint density at radius 3 is 2.40 bits per heavy atom. The molecule has 5 rings (SSSR count). The van der Waals surface area contributed by atoms with Crippen LogP contribution in [0, 0.1) is 24.6 Å². The van der Waals surface area contributed by atoms with Crippen molar-refractivity contribution in [3.63, 3.8) is 0 Å². The van der Waals surface area contributed by atoms with Gasteiger partial charge in [0.2, 0.25) is 11.8 Å². The number of hydrogen-bond acceptors (Lipinski definition) is 6. The number of carbonyl (C=O) groups is 2. The number of benzene rings is 1. The quantitative estimate of drug-likeness (QED) is 0.271. The Bertz CT molecular complexity index is 1510. The van der Waals surface area contributed by atoms with Crippen molar-refractivity contribution in [2.45, 2.75) is 75.4 Å². The van der Waals surface area contributed by atoms with Gasteiger partial charge in [-0.2, -0.15) is 13.2 Å². The molecule has 0 saturated heterocycles. The van der Waals surface area contributed by atoms with Gasteiger partial charge in [0.05, 0.1) is 23.9 Å². The highest BCUT2D eigenvalue weighted by Crippen LogP contribution is 2.48. The largest absolute Gasteiger partial charge is 0.390 e. The third-order valence-electron chi connectivity index (χ3n) is 7.93. The summed E-state index contributed by atoms with van der Waals surface area (Å²) in [6.45, 7) is 0.877. The fourth-order valence-corrected chi connectivity index (χ4v) is 5.36. The Morgan fingerprint density at radius 2 is 1.81 bits per heavy atom. The zero-order chi connectivity index (χ0) is 31.3. The first-order chi connectivity index (χ1) is 20.0. The highest BCUT2D eigenvalue weighted by atomic mass is 19.4. The molecule has 2 fully saturated rings. The van der Waals surface area contributed by atoms with Gasteiger partial charge >= 0.3 is 6.18 Å². The predicted octanol–water partition coefficient (Wildman–Crippen LogP) is 5.50. The maximum atomic E-state index is 15.8. The molecule has 234 valence electrons. The average molecular weight is 623 g/mol. The third-order valence-corrected chi connectivity index (χ3v) is 7.93. The smallest absolute Gasteiger partial charge is 0.355 e. The first-order valence-corrected chi connectivity index (χ1v) is 13.4. The molecule has 2 amide bonds. The molecular formula is C26H26F8N6O3. The Kier molecular flexibility index (Phi) is 7.88. The average Bonchev–Trinajstić information content (AvgIpc) is 3.24. The van der Waals surface area contributed by atoms with Crippen LogP contribution in [0.3, 0.4) is 0 Å². The van der Waals surface area contributed by atoms with Gasteiger partial charge in [0, 0.05) is 37.3 Å². The van der Waals surface area contributed by atoms with Crippen LogP contribution in [0.2, 0.25) is 0 Å². The van der Waals surface area contributed by atoms with Crippen LogP contribution < -0.4 is 10.6 Å². The van der Waals surface area contributed by atoms with Crippen molar-refractivity contribution in [3.05, 3.63) is 40.7 Å². The van der Waals surface area contributed by atoms with Crippen molar-refractivity contribution in [1.29, 1.82) is 0 Å². The van der Waals surface area contributed by atoms with E-state index in [4.69, 9.17) is 0 Å². The summed E-state index contributed by atoms with van der Waals surface area (Å²) in [7, 11) is 0. The van der Waals surface area contributed by atoms with Crippen molar-refractivity contribution in [3.8, 4) is 0 Å². The second kappa shape index (κ2) is 11.0. The predicted molar refractivity (Wildman–Crippen MR) is 132 cm³/mol. The number of rotatable bonds is 9. The van der Waals surface area contributed by atoms with Gasteiger partial charge in [-0.15, -0.1) is 0 Å². The minimum atomic E-state index is -4.91. The molecule has 0 spiro atoms. The SMILES string of the molecule is Cc1nonc1C(=O)NC(c1nc2c(F)c(C(CC(F)(F)F)C(=O)NCC3CC3(F)F)ccc2[nH]1)C1CCC(F)(F)CC1. The van der Waals surface area contributed by atoms with Crippen molar-refractivity contribution in [1.82, 2.24) is 30.9 Å². The number of halogens is 8. The van der Waals surface area contributed by atoms with Crippen LogP contribution in [-0.2, 0) is 4.79 Å².